The molecule has 212 valence electrons. The van der Waals surface area contributed by atoms with Crippen LogP contribution in [0, 0.1) is 5.92 Å². The Morgan fingerprint density at radius 1 is 1.02 bits per heavy atom. The number of aromatic nitrogens is 2. The van der Waals surface area contributed by atoms with Crippen LogP contribution >= 0.6 is 0 Å². The highest BCUT2D eigenvalue weighted by molar-refractivity contribution is 6.08. The first kappa shape index (κ1) is 27.4. The van der Waals surface area contributed by atoms with Crippen molar-refractivity contribution in [2.45, 2.75) is 25.3 Å². The number of carbonyl (C=O) groups excluding carboxylic acids is 2. The first-order valence-corrected chi connectivity index (χ1v) is 13.0. The number of carbonyl (C=O) groups is 2. The van der Waals surface area contributed by atoms with Crippen molar-refractivity contribution in [2.24, 2.45) is 11.0 Å². The molecule has 41 heavy (non-hydrogen) atoms. The van der Waals surface area contributed by atoms with Crippen molar-refractivity contribution in [1.82, 2.24) is 15.0 Å². The maximum absolute atomic E-state index is 13.5. The number of methoxy groups -OCH3 is 2. The number of H-pyrrole nitrogens is 2. The topological polar surface area (TPSA) is 169 Å². The third-order valence-electron chi connectivity index (χ3n) is 7.18. The highest BCUT2D eigenvalue weighted by Gasteiger charge is 2.44. The van der Waals surface area contributed by atoms with Crippen LogP contribution in [0.4, 0.5) is 5.69 Å². The second-order valence-electron chi connectivity index (χ2n) is 9.66. The van der Waals surface area contributed by atoms with Crippen LogP contribution in [-0.2, 0) is 9.53 Å². The highest BCUT2D eigenvalue weighted by atomic mass is 16.5. The van der Waals surface area contributed by atoms with Gasteiger partial charge in [-0.2, -0.15) is 5.10 Å². The van der Waals surface area contributed by atoms with E-state index in [2.05, 4.69) is 11.1 Å². The number of fused-ring (bicyclic) bond motifs is 1. The van der Waals surface area contributed by atoms with Gasteiger partial charge in [-0.3, -0.25) is 19.6 Å². The Morgan fingerprint density at radius 2 is 1.68 bits per heavy atom. The van der Waals surface area contributed by atoms with Gasteiger partial charge in [-0.25, -0.2) is 14.6 Å². The molecule has 1 amide bonds. The molecule has 2 atom stereocenters. The van der Waals surface area contributed by atoms with E-state index in [4.69, 9.17) is 25.0 Å². The van der Waals surface area contributed by atoms with E-state index in [0.29, 0.717) is 5.75 Å². The average molecular weight is 560 g/mol. The van der Waals surface area contributed by atoms with Gasteiger partial charge in [-0.05, 0) is 66.3 Å². The number of benzene rings is 2. The molecule has 3 aromatic rings. The fourth-order valence-corrected chi connectivity index (χ4v) is 5.17. The number of nitrogens with zero attached hydrogens (tertiary/aromatic N) is 2. The minimum absolute atomic E-state index is 0.0824. The molecule has 2 heterocycles. The quantitative estimate of drug-likeness (QED) is 0.371. The molecule has 12 nitrogen and oxygen atoms in total. The molecule has 0 spiro atoms. The Balaban J connectivity index is 1.45. The van der Waals surface area contributed by atoms with Crippen LogP contribution in [0.3, 0.4) is 0 Å². The Morgan fingerprint density at radius 3 is 2.34 bits per heavy atom. The van der Waals surface area contributed by atoms with Gasteiger partial charge < -0.3 is 19.9 Å². The Kier molecular flexibility index (Phi) is 7.72. The van der Waals surface area contributed by atoms with Gasteiger partial charge in [-0.1, -0.05) is 24.3 Å². The lowest BCUT2D eigenvalue weighted by atomic mass is 9.77. The van der Waals surface area contributed by atoms with Crippen molar-refractivity contribution >= 4 is 29.4 Å². The number of allylic oxidation sites excluding steroid dienone is 1. The maximum atomic E-state index is 13.5. The molecule has 0 bridgehead atoms. The Bertz CT molecular complexity index is 1640. The van der Waals surface area contributed by atoms with Gasteiger partial charge in [0.2, 0.25) is 0 Å². The summed E-state index contributed by atoms with van der Waals surface area (Å²) in [6, 6.07) is 14.7. The molecule has 1 aromatic heterocycles. The van der Waals surface area contributed by atoms with Crippen LogP contribution in [0.5, 0.6) is 11.5 Å². The SMILES string of the molecule is COc1ccc(C=C2CCCC3C2=NN(C(=O)COC(=O)c2[nH]c(=O)[nH]c(=O)c2N)C3c2ccc(OC)cc2)cc1. The standard InChI is InChI=1S/C29H29N5O7/c1-39-19-10-6-16(7-11-19)14-18-4-3-5-21-24(18)33-34(26(21)17-8-12-20(40-2)13-9-17)22(35)15-41-28(37)25-23(30)27(36)32-29(38)31-25/h6-14,21,26H,3-5,15,30H2,1-2H3,(H2,31,32,36,38). The van der Waals surface area contributed by atoms with Gasteiger partial charge in [-0.15, -0.1) is 0 Å². The predicted octanol–water partition coefficient (Wildman–Crippen LogP) is 2.64. The molecule has 1 fully saturated rings. The molecular weight excluding hydrogens is 530 g/mol. The smallest absolute Gasteiger partial charge is 0.357 e. The van der Waals surface area contributed by atoms with Gasteiger partial charge in [0.1, 0.15) is 17.2 Å². The maximum Gasteiger partial charge on any atom is 0.357 e. The zero-order chi connectivity index (χ0) is 29.1. The van der Waals surface area contributed by atoms with Gasteiger partial charge in [0, 0.05) is 5.92 Å². The summed E-state index contributed by atoms with van der Waals surface area (Å²) in [4.78, 5) is 53.5. The highest BCUT2D eigenvalue weighted by Crippen LogP contribution is 2.44. The third-order valence-corrected chi connectivity index (χ3v) is 7.18. The minimum atomic E-state index is -1.11. The predicted molar refractivity (Wildman–Crippen MR) is 151 cm³/mol. The number of nitrogens with two attached hydrogens (primary N) is 1. The molecule has 12 heteroatoms. The molecule has 0 radical (unpaired) electrons. The van der Waals surface area contributed by atoms with Crippen LogP contribution in [0.25, 0.3) is 6.08 Å². The molecule has 1 aliphatic heterocycles. The normalized spacial score (nSPS) is 18.9. The summed E-state index contributed by atoms with van der Waals surface area (Å²) in [5, 5.41) is 6.12. The van der Waals surface area contributed by atoms with Crippen molar-refractivity contribution in [3.8, 4) is 11.5 Å². The van der Waals surface area contributed by atoms with E-state index >= 15 is 0 Å². The molecular formula is C29H29N5O7. The summed E-state index contributed by atoms with van der Waals surface area (Å²) in [5.41, 5.74) is 6.38. The molecule has 5 rings (SSSR count). The van der Waals surface area contributed by atoms with Gasteiger partial charge in [0.25, 0.3) is 11.5 Å². The van der Waals surface area contributed by atoms with E-state index in [-0.39, 0.29) is 5.92 Å². The number of amides is 1. The van der Waals surface area contributed by atoms with Gasteiger partial charge >= 0.3 is 11.7 Å². The van der Waals surface area contributed by atoms with E-state index in [0.717, 1.165) is 47.4 Å². The number of hydrazone groups is 1. The lowest BCUT2D eigenvalue weighted by Crippen LogP contribution is -2.35. The van der Waals surface area contributed by atoms with E-state index in [1.807, 2.05) is 53.5 Å². The summed E-state index contributed by atoms with van der Waals surface area (Å²) < 4.78 is 15.7. The molecule has 2 unspecified atom stereocenters. The second-order valence-corrected chi connectivity index (χ2v) is 9.66. The number of ether oxygens (including phenoxy) is 3. The second kappa shape index (κ2) is 11.5. The van der Waals surface area contributed by atoms with Crippen molar-refractivity contribution in [3.05, 3.63) is 91.8 Å². The summed E-state index contributed by atoms with van der Waals surface area (Å²) >= 11 is 0. The summed E-state index contributed by atoms with van der Waals surface area (Å²) in [5.74, 6) is -0.336. The summed E-state index contributed by atoms with van der Waals surface area (Å²) in [6.45, 7) is -0.680. The van der Waals surface area contributed by atoms with Crippen LogP contribution in [-0.4, -0.2) is 53.4 Å². The van der Waals surface area contributed by atoms with Crippen LogP contribution in [0.2, 0.25) is 0 Å². The van der Waals surface area contributed by atoms with Gasteiger partial charge in [0.05, 0.1) is 26.0 Å². The minimum Gasteiger partial charge on any atom is -0.497 e. The third kappa shape index (κ3) is 5.62. The molecule has 4 N–H and O–H groups in total. The number of nitrogens with one attached hydrogen (secondary N) is 2. The first-order chi connectivity index (χ1) is 19.8. The summed E-state index contributed by atoms with van der Waals surface area (Å²) in [7, 11) is 3.19. The van der Waals surface area contributed by atoms with E-state index < -0.39 is 47.2 Å². The average Bonchev–Trinajstić information content (AvgIpc) is 3.39. The number of esters is 1. The molecule has 1 aliphatic carbocycles. The van der Waals surface area contributed by atoms with Gasteiger partial charge in [0.15, 0.2) is 12.3 Å². The summed E-state index contributed by atoms with van der Waals surface area (Å²) in [6.07, 6.45) is 4.58. The van der Waals surface area contributed by atoms with Crippen molar-refractivity contribution < 1.29 is 23.8 Å². The first-order valence-electron chi connectivity index (χ1n) is 13.0. The van der Waals surface area contributed by atoms with Crippen molar-refractivity contribution in [3.63, 3.8) is 0 Å². The Hall–Kier alpha value is -5.13. The van der Waals surface area contributed by atoms with Crippen molar-refractivity contribution in [1.29, 1.82) is 0 Å². The van der Waals surface area contributed by atoms with Crippen LogP contribution < -0.4 is 26.5 Å². The number of hydrogen-bond acceptors (Lipinski definition) is 9. The lowest BCUT2D eigenvalue weighted by Gasteiger charge is -2.29. The van der Waals surface area contributed by atoms with Crippen LogP contribution in [0.15, 0.2) is 68.8 Å². The number of rotatable bonds is 7. The zero-order valence-electron chi connectivity index (χ0n) is 22.5. The Labute approximate surface area is 234 Å². The van der Waals surface area contributed by atoms with E-state index in [1.165, 1.54) is 5.01 Å². The van der Waals surface area contributed by atoms with E-state index in [1.54, 1.807) is 14.2 Å². The monoisotopic (exact) mass is 559 g/mol. The van der Waals surface area contributed by atoms with E-state index in [9.17, 15) is 19.2 Å². The lowest BCUT2D eigenvalue weighted by molar-refractivity contribution is -0.137. The molecule has 2 aliphatic rings. The molecule has 1 saturated carbocycles. The molecule has 2 aromatic carbocycles. The fourth-order valence-electron chi connectivity index (χ4n) is 5.17. The number of anilines is 1. The zero-order valence-corrected chi connectivity index (χ0v) is 22.5. The number of aromatic amines is 2. The van der Waals surface area contributed by atoms with Crippen LogP contribution in [0.1, 0.15) is 46.9 Å². The molecule has 0 saturated heterocycles. The number of nitrogen functional groups attached to an aromatic ring is 1. The van der Waals surface area contributed by atoms with Crippen molar-refractivity contribution in [2.75, 3.05) is 26.6 Å². The largest absolute Gasteiger partial charge is 0.497 e. The fraction of sp³-hybridized carbons (Fsp3) is 0.276. The number of hydrogen-bond donors (Lipinski definition) is 3.